The van der Waals surface area contributed by atoms with Gasteiger partial charge in [-0.15, -0.1) is 0 Å². The standard InChI is InChI=1S/C12H16FNO2/c1-8-2-3-9-6-10(13)7-11(12(9)16-8)15-5-4-14/h6-8H,2-5,14H2,1H3. The van der Waals surface area contributed by atoms with Crippen LogP contribution in [0.25, 0.3) is 0 Å². The minimum absolute atomic E-state index is 0.151. The fraction of sp³-hybridized carbons (Fsp3) is 0.500. The summed E-state index contributed by atoms with van der Waals surface area (Å²) in [6, 6.07) is 2.86. The summed E-state index contributed by atoms with van der Waals surface area (Å²) in [6.07, 6.45) is 1.89. The van der Waals surface area contributed by atoms with E-state index in [-0.39, 0.29) is 11.9 Å². The van der Waals surface area contributed by atoms with Crippen LogP contribution in [-0.4, -0.2) is 19.3 Å². The van der Waals surface area contributed by atoms with Crippen molar-refractivity contribution < 1.29 is 13.9 Å². The van der Waals surface area contributed by atoms with Crippen LogP contribution in [0.3, 0.4) is 0 Å². The van der Waals surface area contributed by atoms with E-state index in [1.165, 1.54) is 12.1 Å². The molecule has 1 heterocycles. The second-order valence-corrected chi connectivity index (χ2v) is 4.00. The Bertz CT molecular complexity index is 382. The zero-order valence-corrected chi connectivity index (χ0v) is 9.33. The molecule has 2 rings (SSSR count). The summed E-state index contributed by atoms with van der Waals surface area (Å²) >= 11 is 0. The number of hydrogen-bond acceptors (Lipinski definition) is 3. The van der Waals surface area contributed by atoms with Gasteiger partial charge in [-0.25, -0.2) is 4.39 Å². The van der Waals surface area contributed by atoms with Gasteiger partial charge in [0, 0.05) is 18.2 Å². The summed E-state index contributed by atoms with van der Waals surface area (Å²) in [5.41, 5.74) is 6.24. The monoisotopic (exact) mass is 225 g/mol. The molecule has 1 aliphatic rings. The number of fused-ring (bicyclic) bond motifs is 1. The number of rotatable bonds is 3. The molecule has 3 nitrogen and oxygen atoms in total. The van der Waals surface area contributed by atoms with Crippen molar-refractivity contribution in [2.24, 2.45) is 5.73 Å². The lowest BCUT2D eigenvalue weighted by atomic mass is 10.0. The number of aryl methyl sites for hydroxylation is 1. The quantitative estimate of drug-likeness (QED) is 0.854. The Morgan fingerprint density at radius 1 is 1.56 bits per heavy atom. The lowest BCUT2D eigenvalue weighted by Gasteiger charge is -2.25. The first-order valence-electron chi connectivity index (χ1n) is 5.52. The third-order valence-corrected chi connectivity index (χ3v) is 2.61. The molecule has 0 aliphatic carbocycles. The van der Waals surface area contributed by atoms with Crippen LogP contribution in [-0.2, 0) is 6.42 Å². The van der Waals surface area contributed by atoms with Gasteiger partial charge in [0.1, 0.15) is 12.4 Å². The minimum atomic E-state index is -0.288. The Morgan fingerprint density at radius 2 is 2.38 bits per heavy atom. The molecule has 1 aromatic rings. The number of nitrogens with two attached hydrogens (primary N) is 1. The third-order valence-electron chi connectivity index (χ3n) is 2.61. The highest BCUT2D eigenvalue weighted by atomic mass is 19.1. The van der Waals surface area contributed by atoms with E-state index in [0.717, 1.165) is 18.4 Å². The fourth-order valence-electron chi connectivity index (χ4n) is 1.84. The summed E-state index contributed by atoms with van der Waals surface area (Å²) in [5, 5.41) is 0. The molecule has 0 aromatic heterocycles. The molecular formula is C12H16FNO2. The molecule has 4 heteroatoms. The summed E-state index contributed by atoms with van der Waals surface area (Å²) in [7, 11) is 0. The highest BCUT2D eigenvalue weighted by Gasteiger charge is 2.21. The highest BCUT2D eigenvalue weighted by molar-refractivity contribution is 5.48. The number of hydrogen-bond donors (Lipinski definition) is 1. The topological polar surface area (TPSA) is 44.5 Å². The molecule has 0 radical (unpaired) electrons. The molecule has 1 unspecified atom stereocenters. The van der Waals surface area contributed by atoms with Gasteiger partial charge in [0.05, 0.1) is 6.10 Å². The van der Waals surface area contributed by atoms with Gasteiger partial charge in [0.25, 0.3) is 0 Å². The van der Waals surface area contributed by atoms with Crippen molar-refractivity contribution in [3.8, 4) is 11.5 Å². The van der Waals surface area contributed by atoms with E-state index in [4.69, 9.17) is 15.2 Å². The first kappa shape index (κ1) is 11.2. The van der Waals surface area contributed by atoms with E-state index in [1.807, 2.05) is 6.92 Å². The van der Waals surface area contributed by atoms with Gasteiger partial charge in [-0.05, 0) is 25.8 Å². The van der Waals surface area contributed by atoms with Crippen LogP contribution in [0, 0.1) is 5.82 Å². The van der Waals surface area contributed by atoms with Crippen molar-refractivity contribution in [1.29, 1.82) is 0 Å². The first-order valence-corrected chi connectivity index (χ1v) is 5.52. The molecule has 16 heavy (non-hydrogen) atoms. The average Bonchev–Trinajstić information content (AvgIpc) is 2.26. The number of ether oxygens (including phenoxy) is 2. The van der Waals surface area contributed by atoms with Crippen LogP contribution in [0.4, 0.5) is 4.39 Å². The second-order valence-electron chi connectivity index (χ2n) is 4.00. The van der Waals surface area contributed by atoms with Gasteiger partial charge in [0.2, 0.25) is 0 Å². The van der Waals surface area contributed by atoms with Gasteiger partial charge in [0.15, 0.2) is 11.5 Å². The van der Waals surface area contributed by atoms with E-state index in [9.17, 15) is 4.39 Å². The zero-order valence-electron chi connectivity index (χ0n) is 9.33. The molecule has 0 saturated heterocycles. The maximum absolute atomic E-state index is 13.3. The van der Waals surface area contributed by atoms with E-state index in [0.29, 0.717) is 24.7 Å². The SMILES string of the molecule is CC1CCc2cc(F)cc(OCCN)c2O1. The largest absolute Gasteiger partial charge is 0.488 e. The molecule has 88 valence electrons. The lowest BCUT2D eigenvalue weighted by Crippen LogP contribution is -2.20. The van der Waals surface area contributed by atoms with Gasteiger partial charge >= 0.3 is 0 Å². The van der Waals surface area contributed by atoms with Crippen molar-refractivity contribution >= 4 is 0 Å². The summed E-state index contributed by atoms with van der Waals surface area (Å²) < 4.78 is 24.4. The number of halogens is 1. The third kappa shape index (κ3) is 2.27. The van der Waals surface area contributed by atoms with E-state index < -0.39 is 0 Å². The van der Waals surface area contributed by atoms with Crippen LogP contribution >= 0.6 is 0 Å². The summed E-state index contributed by atoms with van der Waals surface area (Å²) in [4.78, 5) is 0. The second kappa shape index (κ2) is 4.70. The molecule has 0 bridgehead atoms. The molecule has 2 N–H and O–H groups in total. The van der Waals surface area contributed by atoms with Gasteiger partial charge in [-0.1, -0.05) is 0 Å². The normalized spacial score (nSPS) is 18.8. The van der Waals surface area contributed by atoms with Crippen molar-refractivity contribution in [2.45, 2.75) is 25.9 Å². The Labute approximate surface area is 94.3 Å². The molecule has 1 aromatic carbocycles. The molecule has 1 aliphatic heterocycles. The first-order chi connectivity index (χ1) is 7.70. The van der Waals surface area contributed by atoms with Crippen molar-refractivity contribution in [2.75, 3.05) is 13.2 Å². The van der Waals surface area contributed by atoms with E-state index in [1.54, 1.807) is 0 Å². The minimum Gasteiger partial charge on any atom is -0.488 e. The molecule has 0 saturated carbocycles. The van der Waals surface area contributed by atoms with E-state index >= 15 is 0 Å². The summed E-state index contributed by atoms with van der Waals surface area (Å²) in [5.74, 6) is 0.851. The summed E-state index contributed by atoms with van der Waals surface area (Å²) in [6.45, 7) is 2.77. The molecule has 0 amide bonds. The van der Waals surface area contributed by atoms with Crippen LogP contribution in [0.2, 0.25) is 0 Å². The van der Waals surface area contributed by atoms with E-state index in [2.05, 4.69) is 0 Å². The predicted molar refractivity (Wildman–Crippen MR) is 59.4 cm³/mol. The zero-order chi connectivity index (χ0) is 11.5. The fourth-order valence-corrected chi connectivity index (χ4v) is 1.84. The predicted octanol–water partition coefficient (Wildman–Crippen LogP) is 1.88. The van der Waals surface area contributed by atoms with Gasteiger partial charge < -0.3 is 15.2 Å². The highest BCUT2D eigenvalue weighted by Crippen LogP contribution is 2.37. The van der Waals surface area contributed by atoms with Crippen molar-refractivity contribution in [1.82, 2.24) is 0 Å². The Morgan fingerprint density at radius 3 is 3.12 bits per heavy atom. The van der Waals surface area contributed by atoms with Gasteiger partial charge in [-0.2, -0.15) is 0 Å². The van der Waals surface area contributed by atoms with Crippen molar-refractivity contribution in [3.05, 3.63) is 23.5 Å². The molecular weight excluding hydrogens is 209 g/mol. The molecule has 0 fully saturated rings. The Balaban J connectivity index is 2.31. The van der Waals surface area contributed by atoms with Crippen molar-refractivity contribution in [3.63, 3.8) is 0 Å². The number of benzene rings is 1. The smallest absolute Gasteiger partial charge is 0.164 e. The van der Waals surface area contributed by atoms with Crippen LogP contribution < -0.4 is 15.2 Å². The Kier molecular flexibility index (Phi) is 3.29. The Hall–Kier alpha value is -1.29. The molecule has 1 atom stereocenters. The maximum Gasteiger partial charge on any atom is 0.164 e. The maximum atomic E-state index is 13.3. The van der Waals surface area contributed by atoms with Crippen LogP contribution in [0.5, 0.6) is 11.5 Å². The van der Waals surface area contributed by atoms with Gasteiger partial charge in [-0.3, -0.25) is 0 Å². The average molecular weight is 225 g/mol. The van der Waals surface area contributed by atoms with Crippen LogP contribution in [0.1, 0.15) is 18.9 Å². The lowest BCUT2D eigenvalue weighted by molar-refractivity contribution is 0.179. The van der Waals surface area contributed by atoms with Crippen LogP contribution in [0.15, 0.2) is 12.1 Å². The molecule has 0 spiro atoms.